The SMILES string of the molecule is Cc1ccc(-c2nc(C(=O)N3CCN(S(=O)(=O)Cc4ccccc4)CC3)cs2)cc1. The van der Waals surface area contributed by atoms with Crippen LogP contribution in [0.15, 0.2) is 60.0 Å². The second kappa shape index (κ2) is 8.67. The minimum Gasteiger partial charge on any atom is -0.335 e. The molecule has 0 radical (unpaired) electrons. The molecule has 0 bridgehead atoms. The average Bonchev–Trinajstić information content (AvgIpc) is 3.24. The van der Waals surface area contributed by atoms with Crippen LogP contribution in [0.5, 0.6) is 0 Å². The normalized spacial score (nSPS) is 15.3. The number of aromatic nitrogens is 1. The van der Waals surface area contributed by atoms with Gasteiger partial charge in [-0.05, 0) is 12.5 Å². The molecule has 1 aliphatic heterocycles. The minimum absolute atomic E-state index is 0.0201. The molecular weight excluding hydrogens is 418 g/mol. The number of amides is 1. The molecule has 2 aromatic carbocycles. The number of carbonyl (C=O) groups excluding carboxylic acids is 1. The number of nitrogens with zero attached hydrogens (tertiary/aromatic N) is 3. The molecule has 156 valence electrons. The van der Waals surface area contributed by atoms with Gasteiger partial charge in [0, 0.05) is 37.1 Å². The number of sulfonamides is 1. The van der Waals surface area contributed by atoms with Crippen LogP contribution in [0, 0.1) is 6.92 Å². The highest BCUT2D eigenvalue weighted by Gasteiger charge is 2.30. The summed E-state index contributed by atoms with van der Waals surface area (Å²) in [6.45, 7) is 3.36. The number of rotatable bonds is 5. The Hall–Kier alpha value is -2.55. The molecule has 30 heavy (non-hydrogen) atoms. The molecular formula is C22H23N3O3S2. The molecule has 0 N–H and O–H groups in total. The molecule has 1 saturated heterocycles. The van der Waals surface area contributed by atoms with E-state index in [9.17, 15) is 13.2 Å². The van der Waals surface area contributed by atoms with Gasteiger partial charge >= 0.3 is 0 Å². The first kappa shape index (κ1) is 20.7. The molecule has 6 nitrogen and oxygen atoms in total. The highest BCUT2D eigenvalue weighted by Crippen LogP contribution is 2.25. The molecule has 2 heterocycles. The van der Waals surface area contributed by atoms with E-state index in [4.69, 9.17) is 0 Å². The van der Waals surface area contributed by atoms with Crippen LogP contribution in [0.1, 0.15) is 21.6 Å². The van der Waals surface area contributed by atoms with Crippen LogP contribution in [-0.2, 0) is 15.8 Å². The Morgan fingerprint density at radius 2 is 1.67 bits per heavy atom. The van der Waals surface area contributed by atoms with Crippen molar-refractivity contribution in [2.24, 2.45) is 0 Å². The quantitative estimate of drug-likeness (QED) is 0.608. The zero-order valence-electron chi connectivity index (χ0n) is 16.7. The molecule has 1 aliphatic rings. The topological polar surface area (TPSA) is 70.6 Å². The number of piperazine rings is 1. The number of benzene rings is 2. The van der Waals surface area contributed by atoms with Crippen molar-refractivity contribution in [1.82, 2.24) is 14.2 Å². The molecule has 0 aliphatic carbocycles. The van der Waals surface area contributed by atoms with E-state index < -0.39 is 10.0 Å². The molecule has 0 unspecified atom stereocenters. The highest BCUT2D eigenvalue weighted by atomic mass is 32.2. The van der Waals surface area contributed by atoms with Crippen molar-refractivity contribution in [1.29, 1.82) is 0 Å². The average molecular weight is 442 g/mol. The maximum atomic E-state index is 12.8. The number of hydrogen-bond acceptors (Lipinski definition) is 5. The van der Waals surface area contributed by atoms with Crippen molar-refractivity contribution in [3.63, 3.8) is 0 Å². The van der Waals surface area contributed by atoms with Gasteiger partial charge in [-0.25, -0.2) is 13.4 Å². The zero-order chi connectivity index (χ0) is 21.1. The van der Waals surface area contributed by atoms with Crippen molar-refractivity contribution in [2.45, 2.75) is 12.7 Å². The van der Waals surface area contributed by atoms with E-state index in [1.807, 2.05) is 61.5 Å². The lowest BCUT2D eigenvalue weighted by molar-refractivity contribution is 0.0693. The molecule has 0 saturated carbocycles. The van der Waals surface area contributed by atoms with Crippen LogP contribution in [-0.4, -0.2) is 54.7 Å². The summed E-state index contributed by atoms with van der Waals surface area (Å²) in [5, 5.41) is 2.58. The third kappa shape index (κ3) is 4.61. The van der Waals surface area contributed by atoms with Crippen molar-refractivity contribution in [3.8, 4) is 10.6 Å². The number of aryl methyl sites for hydroxylation is 1. The largest absolute Gasteiger partial charge is 0.335 e. The smallest absolute Gasteiger partial charge is 0.273 e. The van der Waals surface area contributed by atoms with Gasteiger partial charge in [0.25, 0.3) is 5.91 Å². The van der Waals surface area contributed by atoms with E-state index in [1.165, 1.54) is 21.2 Å². The number of carbonyl (C=O) groups is 1. The van der Waals surface area contributed by atoms with E-state index in [1.54, 1.807) is 10.3 Å². The lowest BCUT2D eigenvalue weighted by atomic mass is 10.2. The van der Waals surface area contributed by atoms with E-state index in [0.29, 0.717) is 31.9 Å². The lowest BCUT2D eigenvalue weighted by Crippen LogP contribution is -2.50. The van der Waals surface area contributed by atoms with E-state index in [0.717, 1.165) is 16.1 Å². The maximum Gasteiger partial charge on any atom is 0.273 e. The Morgan fingerprint density at radius 1 is 1.00 bits per heavy atom. The predicted octanol–water partition coefficient (Wildman–Crippen LogP) is 3.41. The van der Waals surface area contributed by atoms with Gasteiger partial charge in [-0.3, -0.25) is 4.79 Å². The van der Waals surface area contributed by atoms with Gasteiger partial charge in [0.2, 0.25) is 10.0 Å². The molecule has 1 amide bonds. The third-order valence-electron chi connectivity index (χ3n) is 5.13. The fourth-order valence-corrected chi connectivity index (χ4v) is 5.72. The van der Waals surface area contributed by atoms with Gasteiger partial charge < -0.3 is 4.90 Å². The van der Waals surface area contributed by atoms with Crippen molar-refractivity contribution >= 4 is 27.3 Å². The molecule has 0 atom stereocenters. The van der Waals surface area contributed by atoms with Gasteiger partial charge in [0.1, 0.15) is 10.7 Å². The Morgan fingerprint density at radius 3 is 2.33 bits per heavy atom. The lowest BCUT2D eigenvalue weighted by Gasteiger charge is -2.33. The third-order valence-corrected chi connectivity index (χ3v) is 7.87. The van der Waals surface area contributed by atoms with Crippen molar-refractivity contribution in [3.05, 3.63) is 76.8 Å². The van der Waals surface area contributed by atoms with Crippen molar-refractivity contribution < 1.29 is 13.2 Å². The Balaban J connectivity index is 1.38. The summed E-state index contributed by atoms with van der Waals surface area (Å²) in [6, 6.07) is 17.2. The summed E-state index contributed by atoms with van der Waals surface area (Å²) >= 11 is 1.44. The predicted molar refractivity (Wildman–Crippen MR) is 119 cm³/mol. The molecule has 4 rings (SSSR count). The Kier molecular flexibility index (Phi) is 5.99. The van der Waals surface area contributed by atoms with Crippen LogP contribution >= 0.6 is 11.3 Å². The van der Waals surface area contributed by atoms with E-state index in [-0.39, 0.29) is 11.7 Å². The number of thiazole rings is 1. The van der Waals surface area contributed by atoms with E-state index >= 15 is 0 Å². The first-order valence-electron chi connectivity index (χ1n) is 9.76. The minimum atomic E-state index is -3.40. The van der Waals surface area contributed by atoms with E-state index in [2.05, 4.69) is 4.98 Å². The monoisotopic (exact) mass is 441 g/mol. The van der Waals surface area contributed by atoms with Crippen molar-refractivity contribution in [2.75, 3.05) is 26.2 Å². The molecule has 1 fully saturated rings. The summed E-state index contributed by atoms with van der Waals surface area (Å²) in [5.41, 5.74) is 3.34. The second-order valence-electron chi connectivity index (χ2n) is 7.34. The maximum absolute atomic E-state index is 12.8. The summed E-state index contributed by atoms with van der Waals surface area (Å²) in [4.78, 5) is 19.0. The first-order valence-corrected chi connectivity index (χ1v) is 12.2. The highest BCUT2D eigenvalue weighted by molar-refractivity contribution is 7.88. The second-order valence-corrected chi connectivity index (χ2v) is 10.2. The van der Waals surface area contributed by atoms with Gasteiger partial charge in [0.05, 0.1) is 5.75 Å². The molecule has 8 heteroatoms. The van der Waals surface area contributed by atoms with Crippen LogP contribution in [0.25, 0.3) is 10.6 Å². The Labute approximate surface area is 180 Å². The first-order chi connectivity index (χ1) is 14.4. The van der Waals surface area contributed by atoms with Crippen LogP contribution in [0.3, 0.4) is 0 Å². The number of hydrogen-bond donors (Lipinski definition) is 0. The summed E-state index contributed by atoms with van der Waals surface area (Å²) in [5.74, 6) is -0.168. The molecule has 1 aromatic heterocycles. The fraction of sp³-hybridized carbons (Fsp3) is 0.273. The standard InChI is InChI=1S/C22H23N3O3S2/c1-17-7-9-19(10-8-17)21-23-20(15-29-21)22(26)24-11-13-25(14-12-24)30(27,28)16-18-5-3-2-4-6-18/h2-10,15H,11-14,16H2,1H3. The summed E-state index contributed by atoms with van der Waals surface area (Å²) < 4.78 is 26.9. The van der Waals surface area contributed by atoms with Crippen LogP contribution in [0.4, 0.5) is 0 Å². The molecule has 0 spiro atoms. The van der Waals surface area contributed by atoms with Gasteiger partial charge in [0.15, 0.2) is 0 Å². The fourth-order valence-electron chi connectivity index (χ4n) is 3.41. The van der Waals surface area contributed by atoms with Crippen LogP contribution < -0.4 is 0 Å². The summed E-state index contributed by atoms with van der Waals surface area (Å²) in [6.07, 6.45) is 0. The van der Waals surface area contributed by atoms with Crippen LogP contribution in [0.2, 0.25) is 0 Å². The van der Waals surface area contributed by atoms with Gasteiger partial charge in [-0.15, -0.1) is 11.3 Å². The van der Waals surface area contributed by atoms with Gasteiger partial charge in [-0.1, -0.05) is 60.2 Å². The van der Waals surface area contributed by atoms with Gasteiger partial charge in [-0.2, -0.15) is 4.31 Å². The summed E-state index contributed by atoms with van der Waals surface area (Å²) in [7, 11) is -3.40. The molecule has 3 aromatic rings. The zero-order valence-corrected chi connectivity index (χ0v) is 18.3. The Bertz CT molecular complexity index is 1120.